The van der Waals surface area contributed by atoms with E-state index in [1.807, 2.05) is 6.92 Å². The van der Waals surface area contributed by atoms with E-state index in [1.165, 1.54) is 0 Å². The molecule has 0 saturated carbocycles. The summed E-state index contributed by atoms with van der Waals surface area (Å²) in [6.07, 6.45) is 0. The normalized spacial score (nSPS) is 26.8. The third-order valence-corrected chi connectivity index (χ3v) is 3.49. The molecular formula is C12H22N4. The van der Waals surface area contributed by atoms with Crippen molar-refractivity contribution in [1.29, 1.82) is 0 Å². The largest absolute Gasteiger partial charge is 0.326 e. The summed E-state index contributed by atoms with van der Waals surface area (Å²) in [6, 6.07) is 2.42. The first-order valence-corrected chi connectivity index (χ1v) is 6.05. The van der Waals surface area contributed by atoms with Gasteiger partial charge in [-0.25, -0.2) is 0 Å². The van der Waals surface area contributed by atoms with Gasteiger partial charge in [0.1, 0.15) is 0 Å². The fourth-order valence-electron chi connectivity index (χ4n) is 2.56. The van der Waals surface area contributed by atoms with Crippen LogP contribution in [0.3, 0.4) is 0 Å². The Balaban J connectivity index is 1.93. The summed E-state index contributed by atoms with van der Waals surface area (Å²) in [6.45, 7) is 9.56. The lowest BCUT2D eigenvalue weighted by molar-refractivity contribution is 0.293. The van der Waals surface area contributed by atoms with Crippen LogP contribution in [0.1, 0.15) is 25.2 Å². The summed E-state index contributed by atoms with van der Waals surface area (Å²) in [4.78, 5) is 2.41. The molecule has 1 aromatic heterocycles. The van der Waals surface area contributed by atoms with Crippen LogP contribution in [0.2, 0.25) is 0 Å². The Labute approximate surface area is 97.2 Å². The van der Waals surface area contributed by atoms with E-state index in [1.54, 1.807) is 0 Å². The van der Waals surface area contributed by atoms with Gasteiger partial charge in [0.25, 0.3) is 0 Å². The highest BCUT2D eigenvalue weighted by Crippen LogP contribution is 2.23. The lowest BCUT2D eigenvalue weighted by atomic mass is 9.92. The number of rotatable bonds is 3. The lowest BCUT2D eigenvalue weighted by Gasteiger charge is -2.18. The fraction of sp³-hybridized carbons (Fsp3) is 0.750. The summed E-state index contributed by atoms with van der Waals surface area (Å²) < 4.78 is 0. The molecule has 0 amide bonds. The predicted molar refractivity (Wildman–Crippen MR) is 64.9 cm³/mol. The van der Waals surface area contributed by atoms with E-state index in [0.29, 0.717) is 17.9 Å². The van der Waals surface area contributed by atoms with E-state index < -0.39 is 0 Å². The minimum Gasteiger partial charge on any atom is -0.326 e. The van der Waals surface area contributed by atoms with Crippen molar-refractivity contribution in [2.75, 3.05) is 13.1 Å². The Morgan fingerprint density at radius 3 is 2.81 bits per heavy atom. The van der Waals surface area contributed by atoms with E-state index in [-0.39, 0.29) is 0 Å². The average Bonchev–Trinajstić information content (AvgIpc) is 2.73. The van der Waals surface area contributed by atoms with Gasteiger partial charge in [-0.2, -0.15) is 5.10 Å². The molecule has 0 bridgehead atoms. The number of nitrogens with zero attached hydrogens (tertiary/aromatic N) is 2. The minimum absolute atomic E-state index is 0.319. The second-order valence-electron chi connectivity index (χ2n) is 5.31. The maximum Gasteiger partial charge on any atom is 0.0765 e. The van der Waals surface area contributed by atoms with Crippen molar-refractivity contribution in [3.63, 3.8) is 0 Å². The molecule has 16 heavy (non-hydrogen) atoms. The van der Waals surface area contributed by atoms with Crippen LogP contribution in [-0.4, -0.2) is 34.2 Å². The van der Waals surface area contributed by atoms with E-state index in [2.05, 4.69) is 35.0 Å². The summed E-state index contributed by atoms with van der Waals surface area (Å²) >= 11 is 0. The topological polar surface area (TPSA) is 57.9 Å². The Bertz CT molecular complexity index is 345. The quantitative estimate of drug-likeness (QED) is 0.806. The van der Waals surface area contributed by atoms with Crippen molar-refractivity contribution in [2.24, 2.45) is 17.6 Å². The van der Waals surface area contributed by atoms with Gasteiger partial charge in [0.2, 0.25) is 0 Å². The highest BCUT2D eigenvalue weighted by molar-refractivity contribution is 5.07. The Morgan fingerprint density at radius 1 is 1.56 bits per heavy atom. The first-order valence-electron chi connectivity index (χ1n) is 6.05. The summed E-state index contributed by atoms with van der Waals surface area (Å²) in [5.41, 5.74) is 8.40. The van der Waals surface area contributed by atoms with Gasteiger partial charge in [-0.1, -0.05) is 13.8 Å². The predicted octanol–water partition coefficient (Wildman–Crippen LogP) is 1.13. The van der Waals surface area contributed by atoms with E-state index in [0.717, 1.165) is 31.0 Å². The van der Waals surface area contributed by atoms with E-state index in [4.69, 9.17) is 5.73 Å². The zero-order valence-electron chi connectivity index (χ0n) is 10.4. The lowest BCUT2D eigenvalue weighted by Crippen LogP contribution is -2.32. The summed E-state index contributed by atoms with van der Waals surface area (Å²) in [5.74, 6) is 1.29. The number of aromatic amines is 1. The summed E-state index contributed by atoms with van der Waals surface area (Å²) in [7, 11) is 0. The molecule has 0 spiro atoms. The first-order chi connectivity index (χ1) is 7.56. The molecule has 2 unspecified atom stereocenters. The van der Waals surface area contributed by atoms with Crippen LogP contribution >= 0.6 is 0 Å². The number of likely N-dealkylation sites (tertiary alicyclic amines) is 1. The molecule has 4 nitrogen and oxygen atoms in total. The molecule has 1 aliphatic heterocycles. The van der Waals surface area contributed by atoms with Crippen LogP contribution in [0.4, 0.5) is 0 Å². The SMILES string of the molecule is Cc1cc(CN2CC(N)C(C(C)C)C2)n[nH]1. The van der Waals surface area contributed by atoms with Crippen LogP contribution in [0, 0.1) is 18.8 Å². The minimum atomic E-state index is 0.319. The van der Waals surface area contributed by atoms with Gasteiger partial charge < -0.3 is 5.73 Å². The first kappa shape index (κ1) is 11.6. The molecule has 0 radical (unpaired) electrons. The molecule has 2 heterocycles. The number of aromatic nitrogens is 2. The molecule has 1 saturated heterocycles. The van der Waals surface area contributed by atoms with Crippen molar-refractivity contribution in [2.45, 2.75) is 33.4 Å². The smallest absolute Gasteiger partial charge is 0.0765 e. The number of nitrogens with two attached hydrogens (primary N) is 1. The standard InChI is InChI=1S/C12H22N4/c1-8(2)11-6-16(7-12(11)13)5-10-4-9(3)14-15-10/h4,8,11-12H,5-7,13H2,1-3H3,(H,14,15). The molecule has 1 aliphatic rings. The van der Waals surface area contributed by atoms with Gasteiger partial charge in [0.05, 0.1) is 5.69 Å². The van der Waals surface area contributed by atoms with Gasteiger partial charge in [-0.3, -0.25) is 10.00 Å². The van der Waals surface area contributed by atoms with E-state index >= 15 is 0 Å². The van der Waals surface area contributed by atoms with Gasteiger partial charge in [-0.05, 0) is 24.8 Å². The maximum atomic E-state index is 6.16. The zero-order chi connectivity index (χ0) is 11.7. The third kappa shape index (κ3) is 2.44. The monoisotopic (exact) mass is 222 g/mol. The summed E-state index contributed by atoms with van der Waals surface area (Å²) in [5, 5.41) is 7.25. The van der Waals surface area contributed by atoms with Gasteiger partial charge >= 0.3 is 0 Å². The number of hydrogen-bond acceptors (Lipinski definition) is 3. The highest BCUT2D eigenvalue weighted by atomic mass is 15.2. The van der Waals surface area contributed by atoms with Crippen LogP contribution in [0.5, 0.6) is 0 Å². The Morgan fingerprint density at radius 2 is 2.31 bits per heavy atom. The number of H-pyrrole nitrogens is 1. The average molecular weight is 222 g/mol. The van der Waals surface area contributed by atoms with Crippen LogP contribution < -0.4 is 5.73 Å². The maximum absolute atomic E-state index is 6.16. The molecule has 4 heteroatoms. The third-order valence-electron chi connectivity index (χ3n) is 3.49. The zero-order valence-corrected chi connectivity index (χ0v) is 10.4. The molecule has 2 rings (SSSR count). The Hall–Kier alpha value is -0.870. The molecule has 90 valence electrons. The Kier molecular flexibility index (Phi) is 3.30. The molecule has 1 aromatic rings. The van der Waals surface area contributed by atoms with Crippen molar-refractivity contribution in [3.8, 4) is 0 Å². The van der Waals surface area contributed by atoms with Gasteiger partial charge in [0.15, 0.2) is 0 Å². The highest BCUT2D eigenvalue weighted by Gasteiger charge is 2.32. The van der Waals surface area contributed by atoms with Crippen molar-refractivity contribution in [1.82, 2.24) is 15.1 Å². The second kappa shape index (κ2) is 4.55. The number of nitrogens with one attached hydrogen (secondary N) is 1. The van der Waals surface area contributed by atoms with E-state index in [9.17, 15) is 0 Å². The van der Waals surface area contributed by atoms with Crippen molar-refractivity contribution < 1.29 is 0 Å². The number of aryl methyl sites for hydroxylation is 1. The molecule has 3 N–H and O–H groups in total. The van der Waals surface area contributed by atoms with Gasteiger partial charge in [0, 0.05) is 31.4 Å². The van der Waals surface area contributed by atoms with Crippen LogP contribution in [-0.2, 0) is 6.54 Å². The fourth-order valence-corrected chi connectivity index (χ4v) is 2.56. The molecular weight excluding hydrogens is 200 g/mol. The molecule has 0 aromatic carbocycles. The van der Waals surface area contributed by atoms with Crippen LogP contribution in [0.25, 0.3) is 0 Å². The second-order valence-corrected chi connectivity index (χ2v) is 5.31. The molecule has 1 fully saturated rings. The van der Waals surface area contributed by atoms with Crippen molar-refractivity contribution in [3.05, 3.63) is 17.5 Å². The van der Waals surface area contributed by atoms with Crippen LogP contribution in [0.15, 0.2) is 6.07 Å². The van der Waals surface area contributed by atoms with Crippen molar-refractivity contribution >= 4 is 0 Å². The molecule has 0 aliphatic carbocycles. The molecule has 2 atom stereocenters. The van der Waals surface area contributed by atoms with Gasteiger partial charge in [-0.15, -0.1) is 0 Å². The number of hydrogen-bond donors (Lipinski definition) is 2.